The highest BCUT2D eigenvalue weighted by molar-refractivity contribution is 5.69. The van der Waals surface area contributed by atoms with E-state index in [0.717, 1.165) is 4.90 Å². The highest BCUT2D eigenvalue weighted by atomic mass is 19.4. The van der Waals surface area contributed by atoms with Crippen LogP contribution in [0, 0.1) is 0 Å². The fourth-order valence-corrected chi connectivity index (χ4v) is 1.06. The van der Waals surface area contributed by atoms with Gasteiger partial charge < -0.3 is 4.74 Å². The third-order valence-electron chi connectivity index (χ3n) is 1.95. The third-order valence-corrected chi connectivity index (χ3v) is 1.95. The van der Waals surface area contributed by atoms with Crippen molar-refractivity contribution in [1.82, 2.24) is 4.90 Å². The predicted molar refractivity (Wildman–Crippen MR) is 49.4 cm³/mol. The quantitative estimate of drug-likeness (QED) is 0.671. The van der Waals surface area contributed by atoms with E-state index in [9.17, 15) is 18.0 Å². The number of ether oxygens (including phenoxy) is 1. The summed E-state index contributed by atoms with van der Waals surface area (Å²) in [4.78, 5) is 12.1. The predicted octanol–water partition coefficient (Wildman–Crippen LogP) is 1.82. The van der Waals surface area contributed by atoms with E-state index in [1.165, 1.54) is 7.05 Å². The van der Waals surface area contributed by atoms with Gasteiger partial charge in [0, 0.05) is 6.04 Å². The van der Waals surface area contributed by atoms with Crippen molar-refractivity contribution in [1.29, 1.82) is 0 Å². The Kier molecular flexibility index (Phi) is 5.64. The molecule has 0 rings (SSSR count). The van der Waals surface area contributed by atoms with Gasteiger partial charge in [-0.3, -0.25) is 9.69 Å². The van der Waals surface area contributed by atoms with Crippen molar-refractivity contribution in [3.63, 3.8) is 0 Å². The van der Waals surface area contributed by atoms with Crippen LogP contribution in [0.1, 0.15) is 20.3 Å². The van der Waals surface area contributed by atoms with Crippen LogP contribution in [-0.4, -0.2) is 43.3 Å². The van der Waals surface area contributed by atoms with Crippen molar-refractivity contribution in [2.45, 2.75) is 32.5 Å². The van der Waals surface area contributed by atoms with Gasteiger partial charge in [-0.15, -0.1) is 0 Å². The van der Waals surface area contributed by atoms with E-state index >= 15 is 0 Å². The summed E-state index contributed by atoms with van der Waals surface area (Å²) in [5.74, 6) is -0.473. The number of rotatable bonds is 5. The Morgan fingerprint density at radius 3 is 2.40 bits per heavy atom. The van der Waals surface area contributed by atoms with Gasteiger partial charge in [0.25, 0.3) is 0 Å². The fraction of sp³-hybridized carbons (Fsp3) is 0.889. The van der Waals surface area contributed by atoms with Crippen LogP contribution in [0.25, 0.3) is 0 Å². The number of hydrogen-bond donors (Lipinski definition) is 0. The van der Waals surface area contributed by atoms with Gasteiger partial charge >= 0.3 is 12.1 Å². The molecule has 0 bridgehead atoms. The molecule has 0 radical (unpaired) electrons. The molecule has 1 unspecified atom stereocenters. The van der Waals surface area contributed by atoms with Gasteiger partial charge in [0.05, 0.1) is 19.6 Å². The van der Waals surface area contributed by atoms with Crippen molar-refractivity contribution in [3.8, 4) is 0 Å². The second-order valence-electron chi connectivity index (χ2n) is 3.39. The number of carbonyl (C=O) groups is 1. The lowest BCUT2D eigenvalue weighted by Crippen LogP contribution is -2.38. The normalized spacial score (nSPS) is 14.1. The van der Waals surface area contributed by atoms with Gasteiger partial charge in [0.1, 0.15) is 0 Å². The summed E-state index contributed by atoms with van der Waals surface area (Å²) < 4.78 is 40.6. The molecule has 6 heteroatoms. The number of halogens is 3. The van der Waals surface area contributed by atoms with Crippen LogP contribution in [0.3, 0.4) is 0 Å². The summed E-state index contributed by atoms with van der Waals surface area (Å²) >= 11 is 0. The van der Waals surface area contributed by atoms with E-state index in [1.54, 1.807) is 13.8 Å². The minimum atomic E-state index is -4.24. The highest BCUT2D eigenvalue weighted by Gasteiger charge is 2.31. The van der Waals surface area contributed by atoms with Crippen LogP contribution < -0.4 is 0 Å². The molecule has 0 spiro atoms. The van der Waals surface area contributed by atoms with E-state index in [1.807, 2.05) is 0 Å². The maximum Gasteiger partial charge on any atom is 0.401 e. The van der Waals surface area contributed by atoms with E-state index in [-0.39, 0.29) is 13.0 Å². The van der Waals surface area contributed by atoms with Crippen LogP contribution in [0.4, 0.5) is 13.2 Å². The SMILES string of the molecule is CCOC(=O)CC(C)N(C)CC(F)(F)F. The first-order chi connectivity index (χ1) is 6.76. The molecule has 0 saturated carbocycles. The summed E-state index contributed by atoms with van der Waals surface area (Å²) in [6.45, 7) is 2.44. The van der Waals surface area contributed by atoms with Crippen molar-refractivity contribution in [3.05, 3.63) is 0 Å². The lowest BCUT2D eigenvalue weighted by Gasteiger charge is -2.24. The first kappa shape index (κ1) is 14.2. The Hall–Kier alpha value is -0.780. The van der Waals surface area contributed by atoms with Gasteiger partial charge in [0.15, 0.2) is 0 Å². The zero-order valence-corrected chi connectivity index (χ0v) is 9.10. The van der Waals surface area contributed by atoms with Gasteiger partial charge in [-0.1, -0.05) is 0 Å². The monoisotopic (exact) mass is 227 g/mol. The molecule has 90 valence electrons. The molecule has 0 aliphatic carbocycles. The molecule has 0 aromatic heterocycles. The van der Waals surface area contributed by atoms with Gasteiger partial charge in [-0.2, -0.15) is 13.2 Å². The summed E-state index contributed by atoms with van der Waals surface area (Å²) in [6, 6.07) is -0.481. The van der Waals surface area contributed by atoms with Crippen LogP contribution in [0.15, 0.2) is 0 Å². The van der Waals surface area contributed by atoms with E-state index in [2.05, 4.69) is 4.74 Å². The minimum Gasteiger partial charge on any atom is -0.466 e. The first-order valence-electron chi connectivity index (χ1n) is 4.69. The average molecular weight is 227 g/mol. The Bertz CT molecular complexity index is 206. The molecule has 0 aromatic rings. The average Bonchev–Trinajstić information content (AvgIpc) is 2.00. The van der Waals surface area contributed by atoms with E-state index < -0.39 is 24.7 Å². The maximum absolute atomic E-state index is 12.0. The zero-order chi connectivity index (χ0) is 12.1. The molecule has 0 aromatic carbocycles. The molecule has 0 saturated heterocycles. The maximum atomic E-state index is 12.0. The first-order valence-corrected chi connectivity index (χ1v) is 4.69. The standard InChI is InChI=1S/C9H16F3NO2/c1-4-15-8(14)5-7(2)13(3)6-9(10,11)12/h7H,4-6H2,1-3H3. The molecular weight excluding hydrogens is 211 g/mol. The Labute approximate surface area is 87.2 Å². The Balaban J connectivity index is 3.99. The van der Waals surface area contributed by atoms with Gasteiger partial charge in [-0.25, -0.2) is 0 Å². The Morgan fingerprint density at radius 2 is 2.00 bits per heavy atom. The lowest BCUT2D eigenvalue weighted by atomic mass is 10.2. The number of nitrogens with zero attached hydrogens (tertiary/aromatic N) is 1. The number of alkyl halides is 3. The zero-order valence-electron chi connectivity index (χ0n) is 9.10. The molecule has 1 atom stereocenters. The summed E-state index contributed by atoms with van der Waals surface area (Å²) in [6.07, 6.45) is -4.27. The Morgan fingerprint density at radius 1 is 1.47 bits per heavy atom. The largest absolute Gasteiger partial charge is 0.466 e. The molecule has 0 amide bonds. The molecule has 15 heavy (non-hydrogen) atoms. The molecule has 0 aliphatic rings. The summed E-state index contributed by atoms with van der Waals surface area (Å²) in [7, 11) is 1.33. The van der Waals surface area contributed by atoms with E-state index in [0.29, 0.717) is 0 Å². The molecule has 0 N–H and O–H groups in total. The summed E-state index contributed by atoms with van der Waals surface area (Å²) in [5, 5.41) is 0. The summed E-state index contributed by atoms with van der Waals surface area (Å²) in [5.41, 5.74) is 0. The van der Waals surface area contributed by atoms with Crippen LogP contribution in [0.5, 0.6) is 0 Å². The van der Waals surface area contributed by atoms with Crippen molar-refractivity contribution in [2.24, 2.45) is 0 Å². The van der Waals surface area contributed by atoms with Crippen LogP contribution in [-0.2, 0) is 9.53 Å². The second-order valence-corrected chi connectivity index (χ2v) is 3.39. The molecule has 0 fully saturated rings. The topological polar surface area (TPSA) is 29.5 Å². The third kappa shape index (κ3) is 7.18. The smallest absolute Gasteiger partial charge is 0.401 e. The fourth-order valence-electron chi connectivity index (χ4n) is 1.06. The lowest BCUT2D eigenvalue weighted by molar-refractivity contribution is -0.153. The van der Waals surface area contributed by atoms with E-state index in [4.69, 9.17) is 0 Å². The number of carbonyl (C=O) groups excluding carboxylic acids is 1. The van der Waals surface area contributed by atoms with Crippen molar-refractivity contribution < 1.29 is 22.7 Å². The molecule has 0 aliphatic heterocycles. The van der Waals surface area contributed by atoms with Crippen molar-refractivity contribution in [2.75, 3.05) is 20.2 Å². The van der Waals surface area contributed by atoms with Crippen LogP contribution in [0.2, 0.25) is 0 Å². The van der Waals surface area contributed by atoms with Crippen LogP contribution >= 0.6 is 0 Å². The van der Waals surface area contributed by atoms with Gasteiger partial charge in [0.2, 0.25) is 0 Å². The van der Waals surface area contributed by atoms with Gasteiger partial charge in [-0.05, 0) is 20.9 Å². The number of hydrogen-bond acceptors (Lipinski definition) is 3. The highest BCUT2D eigenvalue weighted by Crippen LogP contribution is 2.17. The number of esters is 1. The second kappa shape index (κ2) is 5.95. The molecular formula is C9H16F3NO2. The molecule has 3 nitrogen and oxygen atoms in total. The molecule has 0 heterocycles. The minimum absolute atomic E-state index is 0.0274. The van der Waals surface area contributed by atoms with Crippen molar-refractivity contribution >= 4 is 5.97 Å².